The Morgan fingerprint density at radius 3 is 2.73 bits per heavy atom. The molecule has 0 aromatic heterocycles. The zero-order valence-corrected chi connectivity index (χ0v) is 14.8. The zero-order valence-electron chi connectivity index (χ0n) is 14.8. The summed E-state index contributed by atoms with van der Waals surface area (Å²) >= 11 is 0. The van der Waals surface area contributed by atoms with Crippen molar-refractivity contribution in [3.8, 4) is 5.75 Å². The first-order chi connectivity index (χ1) is 12.4. The van der Waals surface area contributed by atoms with Gasteiger partial charge in [-0.25, -0.2) is 0 Å². The Balaban J connectivity index is 1.58. The number of alkyl halides is 2. The van der Waals surface area contributed by atoms with Crippen molar-refractivity contribution >= 4 is 11.8 Å². The quantitative estimate of drug-likeness (QED) is 0.841. The minimum atomic E-state index is -2.89. The number of likely N-dealkylation sites (tertiary alicyclic amines) is 1. The van der Waals surface area contributed by atoms with Crippen LogP contribution in [-0.2, 0) is 9.59 Å². The van der Waals surface area contributed by atoms with Crippen LogP contribution in [0.2, 0.25) is 0 Å². The minimum absolute atomic E-state index is 0.0528. The smallest absolute Gasteiger partial charge is 0.387 e. The maximum atomic E-state index is 12.6. The molecule has 2 atom stereocenters. The van der Waals surface area contributed by atoms with Gasteiger partial charge in [-0.3, -0.25) is 9.59 Å². The van der Waals surface area contributed by atoms with Crippen molar-refractivity contribution in [1.82, 2.24) is 10.2 Å². The third kappa shape index (κ3) is 4.31. The molecule has 2 amide bonds. The van der Waals surface area contributed by atoms with E-state index in [1.54, 1.807) is 19.1 Å². The fraction of sp³-hybridized carbons (Fsp3) is 0.579. The molecular formula is C19H24F2N2O3. The molecule has 2 aliphatic rings. The van der Waals surface area contributed by atoms with Crippen LogP contribution in [0.15, 0.2) is 24.3 Å². The van der Waals surface area contributed by atoms with Gasteiger partial charge >= 0.3 is 6.61 Å². The van der Waals surface area contributed by atoms with Crippen LogP contribution < -0.4 is 10.1 Å². The van der Waals surface area contributed by atoms with Crippen LogP contribution in [0.3, 0.4) is 0 Å². The van der Waals surface area contributed by atoms with Gasteiger partial charge in [0.25, 0.3) is 0 Å². The number of nitrogens with one attached hydrogen (secondary N) is 1. The molecule has 0 bridgehead atoms. The van der Waals surface area contributed by atoms with Crippen LogP contribution in [0.4, 0.5) is 8.78 Å². The van der Waals surface area contributed by atoms with Crippen LogP contribution in [0.25, 0.3) is 0 Å². The number of nitrogens with zero attached hydrogens (tertiary/aromatic N) is 1. The third-order valence-electron chi connectivity index (χ3n) is 5.24. The van der Waals surface area contributed by atoms with E-state index in [0.717, 1.165) is 25.7 Å². The first kappa shape index (κ1) is 18.6. The fourth-order valence-electron chi connectivity index (χ4n) is 3.85. The lowest BCUT2D eigenvalue weighted by atomic mass is 10.0. The number of benzene rings is 1. The molecule has 1 saturated heterocycles. The lowest BCUT2D eigenvalue weighted by Gasteiger charge is -2.24. The van der Waals surface area contributed by atoms with Crippen LogP contribution >= 0.6 is 0 Å². The molecule has 5 nitrogen and oxygen atoms in total. The molecule has 1 aromatic carbocycles. The number of halogens is 2. The first-order valence-corrected chi connectivity index (χ1v) is 9.08. The van der Waals surface area contributed by atoms with Gasteiger partial charge in [-0.05, 0) is 37.5 Å². The van der Waals surface area contributed by atoms with E-state index in [1.807, 2.05) is 4.90 Å². The number of carbonyl (C=O) groups is 2. The number of ether oxygens (including phenoxy) is 1. The van der Waals surface area contributed by atoms with Crippen LogP contribution in [0.1, 0.15) is 50.6 Å². The van der Waals surface area contributed by atoms with E-state index in [9.17, 15) is 18.4 Å². The highest BCUT2D eigenvalue weighted by Crippen LogP contribution is 2.30. The minimum Gasteiger partial charge on any atom is -0.435 e. The van der Waals surface area contributed by atoms with Crippen molar-refractivity contribution in [2.45, 2.75) is 57.7 Å². The van der Waals surface area contributed by atoms with Crippen LogP contribution in [-0.4, -0.2) is 35.9 Å². The molecule has 2 fully saturated rings. The van der Waals surface area contributed by atoms with Crippen LogP contribution in [0, 0.1) is 5.92 Å². The summed E-state index contributed by atoms with van der Waals surface area (Å²) in [4.78, 5) is 26.7. The van der Waals surface area contributed by atoms with Gasteiger partial charge in [0.15, 0.2) is 0 Å². The maximum absolute atomic E-state index is 12.6. The summed E-state index contributed by atoms with van der Waals surface area (Å²) in [5.74, 6) is -0.420. The Hall–Kier alpha value is -2.18. The van der Waals surface area contributed by atoms with Crippen molar-refractivity contribution in [2.75, 3.05) is 6.54 Å². The molecule has 1 heterocycles. The van der Waals surface area contributed by atoms with E-state index in [2.05, 4.69) is 10.1 Å². The summed E-state index contributed by atoms with van der Waals surface area (Å²) < 4.78 is 29.1. The van der Waals surface area contributed by atoms with Gasteiger partial charge in [0.1, 0.15) is 5.75 Å². The molecule has 3 rings (SSSR count). The summed E-state index contributed by atoms with van der Waals surface area (Å²) in [6.07, 6.45) is 4.56. The molecule has 1 saturated carbocycles. The second-order valence-corrected chi connectivity index (χ2v) is 7.07. The molecule has 142 valence electrons. The van der Waals surface area contributed by atoms with Gasteiger partial charge in [-0.1, -0.05) is 25.0 Å². The first-order valence-electron chi connectivity index (χ1n) is 9.08. The highest BCUT2D eigenvalue weighted by Gasteiger charge is 2.38. The fourth-order valence-corrected chi connectivity index (χ4v) is 3.85. The molecule has 0 radical (unpaired) electrons. The molecular weight excluding hydrogens is 342 g/mol. The largest absolute Gasteiger partial charge is 0.435 e. The number of rotatable bonds is 6. The van der Waals surface area contributed by atoms with Crippen molar-refractivity contribution in [2.24, 2.45) is 5.92 Å². The Morgan fingerprint density at radius 2 is 2.04 bits per heavy atom. The molecule has 1 aromatic rings. The second-order valence-electron chi connectivity index (χ2n) is 7.07. The van der Waals surface area contributed by atoms with E-state index in [1.165, 1.54) is 12.1 Å². The zero-order chi connectivity index (χ0) is 18.7. The summed E-state index contributed by atoms with van der Waals surface area (Å²) in [5.41, 5.74) is 0.675. The van der Waals surface area contributed by atoms with Crippen molar-refractivity contribution in [1.29, 1.82) is 0 Å². The van der Waals surface area contributed by atoms with Crippen molar-refractivity contribution < 1.29 is 23.1 Å². The third-order valence-corrected chi connectivity index (χ3v) is 5.24. The summed E-state index contributed by atoms with van der Waals surface area (Å²) in [6, 6.07) is 6.20. The van der Waals surface area contributed by atoms with Gasteiger partial charge in [-0.2, -0.15) is 8.78 Å². The number of carbonyl (C=O) groups excluding carboxylic acids is 2. The SMILES string of the molecule is CC(NC(=O)C1CC(=O)N(C2CCCC2)C1)c1cccc(OC(F)F)c1. The molecule has 26 heavy (non-hydrogen) atoms. The van der Waals surface area contributed by atoms with Gasteiger partial charge in [0, 0.05) is 19.0 Å². The summed E-state index contributed by atoms with van der Waals surface area (Å²) in [6.45, 7) is -0.636. The lowest BCUT2D eigenvalue weighted by molar-refractivity contribution is -0.130. The molecule has 0 spiro atoms. The molecule has 1 aliphatic carbocycles. The standard InChI is InChI=1S/C19H24F2N2O3/c1-12(13-5-4-8-16(9-13)26-19(20)21)22-18(25)14-10-17(24)23(11-14)15-6-2-3-7-15/h4-5,8-9,12,14-15,19H,2-3,6-7,10-11H2,1H3,(H,22,25). The second kappa shape index (κ2) is 8.01. The average molecular weight is 366 g/mol. The number of amides is 2. The average Bonchev–Trinajstić information content (AvgIpc) is 3.23. The number of hydrogen-bond acceptors (Lipinski definition) is 3. The van der Waals surface area contributed by atoms with E-state index in [4.69, 9.17) is 0 Å². The van der Waals surface area contributed by atoms with E-state index in [0.29, 0.717) is 12.1 Å². The Morgan fingerprint density at radius 1 is 1.31 bits per heavy atom. The van der Waals surface area contributed by atoms with E-state index >= 15 is 0 Å². The van der Waals surface area contributed by atoms with E-state index in [-0.39, 0.29) is 42.0 Å². The normalized spacial score (nSPS) is 22.1. The Bertz CT molecular complexity index is 662. The summed E-state index contributed by atoms with van der Waals surface area (Å²) in [7, 11) is 0. The Labute approximate surface area is 151 Å². The van der Waals surface area contributed by atoms with Gasteiger partial charge < -0.3 is 15.0 Å². The van der Waals surface area contributed by atoms with Gasteiger partial charge in [0.2, 0.25) is 11.8 Å². The lowest BCUT2D eigenvalue weighted by Crippen LogP contribution is -2.37. The highest BCUT2D eigenvalue weighted by atomic mass is 19.3. The van der Waals surface area contributed by atoms with E-state index < -0.39 is 6.61 Å². The highest BCUT2D eigenvalue weighted by molar-refractivity contribution is 5.89. The van der Waals surface area contributed by atoms with Crippen molar-refractivity contribution in [3.63, 3.8) is 0 Å². The molecule has 2 unspecified atom stereocenters. The predicted molar refractivity (Wildman–Crippen MR) is 91.7 cm³/mol. The van der Waals surface area contributed by atoms with Crippen LogP contribution in [0.5, 0.6) is 5.75 Å². The monoisotopic (exact) mass is 366 g/mol. The Kier molecular flexibility index (Phi) is 5.74. The maximum Gasteiger partial charge on any atom is 0.387 e. The van der Waals surface area contributed by atoms with Crippen molar-refractivity contribution in [3.05, 3.63) is 29.8 Å². The molecule has 1 aliphatic heterocycles. The van der Waals surface area contributed by atoms with Gasteiger partial charge in [0.05, 0.1) is 12.0 Å². The topological polar surface area (TPSA) is 58.6 Å². The van der Waals surface area contributed by atoms with Gasteiger partial charge in [-0.15, -0.1) is 0 Å². The molecule has 1 N–H and O–H groups in total. The number of hydrogen-bond donors (Lipinski definition) is 1. The molecule has 7 heteroatoms. The summed E-state index contributed by atoms with van der Waals surface area (Å²) in [5, 5.41) is 2.89. The predicted octanol–water partition coefficient (Wildman–Crippen LogP) is 3.26.